The molecule has 0 aliphatic carbocycles. The fourth-order valence-electron chi connectivity index (χ4n) is 4.80. The van der Waals surface area contributed by atoms with Gasteiger partial charge in [0.2, 0.25) is 5.69 Å². The van der Waals surface area contributed by atoms with Gasteiger partial charge in [0.15, 0.2) is 12.3 Å². The van der Waals surface area contributed by atoms with E-state index >= 15 is 0 Å². The number of hydrogen-bond acceptors (Lipinski definition) is 2. The molecular weight excluding hydrogens is 452 g/mol. The predicted molar refractivity (Wildman–Crippen MR) is 151 cm³/mol. The molecule has 0 amide bonds. The van der Waals surface area contributed by atoms with E-state index in [-0.39, 0.29) is 11.5 Å². The second-order valence-corrected chi connectivity index (χ2v) is 10.9. The van der Waals surface area contributed by atoms with Gasteiger partial charge in [-0.05, 0) is 70.4 Å². The number of allylic oxidation sites excluding steroid dienone is 1. The Morgan fingerprint density at radius 3 is 2.26 bits per heavy atom. The molecule has 0 saturated heterocycles. The second kappa shape index (κ2) is 12.6. The van der Waals surface area contributed by atoms with Crippen molar-refractivity contribution in [1.82, 2.24) is 4.90 Å². The lowest BCUT2D eigenvalue weighted by molar-refractivity contribution is -0.436. The van der Waals surface area contributed by atoms with E-state index in [0.717, 1.165) is 36.8 Å². The Kier molecular flexibility index (Phi) is 9.86. The van der Waals surface area contributed by atoms with E-state index < -0.39 is 0 Å². The number of hydrogen-bond donors (Lipinski definition) is 0. The molecule has 0 aromatic heterocycles. The summed E-state index contributed by atoms with van der Waals surface area (Å²) in [5, 5.41) is 0.801. The maximum Gasteiger partial charge on any atom is 0.209 e. The zero-order valence-electron chi connectivity index (χ0n) is 22.6. The molecule has 2 aromatic carbocycles. The van der Waals surface area contributed by atoms with E-state index in [1.807, 2.05) is 6.07 Å². The van der Waals surface area contributed by atoms with Crippen molar-refractivity contribution < 1.29 is 9.31 Å². The largest absolute Gasteiger partial charge is 0.491 e. The first-order chi connectivity index (χ1) is 16.8. The molecule has 1 heterocycles. The number of nitrogens with zero attached hydrogens (tertiary/aromatic N) is 2. The molecule has 1 aliphatic rings. The van der Waals surface area contributed by atoms with Crippen LogP contribution in [0.5, 0.6) is 5.75 Å². The van der Waals surface area contributed by atoms with Crippen LogP contribution in [-0.2, 0) is 11.8 Å². The first-order valence-corrected chi connectivity index (χ1v) is 13.8. The van der Waals surface area contributed by atoms with Crippen molar-refractivity contribution in [2.75, 3.05) is 19.6 Å². The SMILES string of the molecule is CCCCN(/C=C/C1=[N+](CCc2ccc(OC(C)C)cc2)c2ccc(Cl)cc2C1(C)C)CCCC. The van der Waals surface area contributed by atoms with Crippen LogP contribution in [-0.4, -0.2) is 40.9 Å². The highest BCUT2D eigenvalue weighted by atomic mass is 35.5. The molecule has 0 fully saturated rings. The van der Waals surface area contributed by atoms with E-state index in [1.54, 1.807) is 0 Å². The summed E-state index contributed by atoms with van der Waals surface area (Å²) in [5.41, 5.74) is 5.13. The molecule has 0 spiro atoms. The Balaban J connectivity index is 1.89. The van der Waals surface area contributed by atoms with Gasteiger partial charge in [0.25, 0.3) is 0 Å². The Bertz CT molecular complexity index is 1010. The average molecular weight is 496 g/mol. The fraction of sp³-hybridized carbons (Fsp3) is 0.516. The number of ether oxygens (including phenoxy) is 1. The minimum Gasteiger partial charge on any atom is -0.491 e. The van der Waals surface area contributed by atoms with Crippen molar-refractivity contribution in [3.63, 3.8) is 0 Å². The molecule has 0 atom stereocenters. The van der Waals surface area contributed by atoms with Gasteiger partial charge >= 0.3 is 0 Å². The third-order valence-electron chi connectivity index (χ3n) is 6.81. The summed E-state index contributed by atoms with van der Waals surface area (Å²) in [5.74, 6) is 0.931. The zero-order valence-corrected chi connectivity index (χ0v) is 23.4. The van der Waals surface area contributed by atoms with Crippen molar-refractivity contribution in [2.24, 2.45) is 0 Å². The van der Waals surface area contributed by atoms with Crippen molar-refractivity contribution in [2.45, 2.75) is 85.2 Å². The molecule has 3 nitrogen and oxygen atoms in total. The highest BCUT2D eigenvalue weighted by Crippen LogP contribution is 2.41. The first kappa shape index (κ1) is 27.3. The summed E-state index contributed by atoms with van der Waals surface area (Å²) in [6.07, 6.45) is 10.7. The molecule has 4 heteroatoms. The van der Waals surface area contributed by atoms with Crippen molar-refractivity contribution in [3.05, 3.63) is 70.9 Å². The van der Waals surface area contributed by atoms with E-state index in [1.165, 1.54) is 48.2 Å². The smallest absolute Gasteiger partial charge is 0.209 e. The monoisotopic (exact) mass is 495 g/mol. The van der Waals surface area contributed by atoms with Crippen molar-refractivity contribution in [1.29, 1.82) is 0 Å². The van der Waals surface area contributed by atoms with Crippen LogP contribution in [0, 0.1) is 0 Å². The Morgan fingerprint density at radius 2 is 1.66 bits per heavy atom. The zero-order chi connectivity index (χ0) is 25.4. The molecule has 35 heavy (non-hydrogen) atoms. The van der Waals surface area contributed by atoms with E-state index in [9.17, 15) is 0 Å². The van der Waals surface area contributed by atoms with Gasteiger partial charge in [0.05, 0.1) is 11.5 Å². The topological polar surface area (TPSA) is 15.5 Å². The highest BCUT2D eigenvalue weighted by molar-refractivity contribution is 6.30. The normalized spacial score (nSPS) is 14.7. The molecule has 1 aliphatic heterocycles. The molecule has 190 valence electrons. The summed E-state index contributed by atoms with van der Waals surface area (Å²) in [4.78, 5) is 2.50. The maximum absolute atomic E-state index is 6.45. The molecule has 0 unspecified atom stereocenters. The lowest BCUT2D eigenvalue weighted by Crippen LogP contribution is -2.29. The molecule has 3 rings (SSSR count). The number of unbranched alkanes of at least 4 members (excludes halogenated alkanes) is 2. The lowest BCUT2D eigenvalue weighted by Gasteiger charge is -2.21. The van der Waals surface area contributed by atoms with Gasteiger partial charge < -0.3 is 9.64 Å². The quantitative estimate of drug-likeness (QED) is 0.260. The molecule has 0 radical (unpaired) electrons. The molecule has 0 saturated carbocycles. The standard InChI is InChI=1S/C31H44ClN2O/c1-7-9-19-33(20-10-8-2)21-18-30-31(5,6)28-23-26(32)13-16-29(28)34(30)22-17-25-11-14-27(15-12-25)35-24(3)4/h11-16,18,21,23-24H,7-10,17,19-20,22H2,1-6H3/q+1. The van der Waals surface area contributed by atoms with E-state index in [0.29, 0.717) is 0 Å². The van der Waals surface area contributed by atoms with Crippen LogP contribution in [0.25, 0.3) is 0 Å². The van der Waals surface area contributed by atoms with Gasteiger partial charge in [0.1, 0.15) is 5.75 Å². The van der Waals surface area contributed by atoms with Crippen molar-refractivity contribution in [3.8, 4) is 5.75 Å². The highest BCUT2D eigenvalue weighted by Gasteiger charge is 2.44. The lowest BCUT2D eigenvalue weighted by atomic mass is 9.81. The molecule has 2 aromatic rings. The number of rotatable bonds is 13. The summed E-state index contributed by atoms with van der Waals surface area (Å²) in [7, 11) is 0. The third-order valence-corrected chi connectivity index (χ3v) is 7.05. The Morgan fingerprint density at radius 1 is 1.00 bits per heavy atom. The third kappa shape index (κ3) is 7.13. The summed E-state index contributed by atoms with van der Waals surface area (Å²) in [6.45, 7) is 16.4. The maximum atomic E-state index is 6.45. The van der Waals surface area contributed by atoms with Crippen LogP contribution in [0.1, 0.15) is 78.4 Å². The first-order valence-electron chi connectivity index (χ1n) is 13.4. The number of benzene rings is 2. The van der Waals surface area contributed by atoms with Crippen LogP contribution >= 0.6 is 11.6 Å². The summed E-state index contributed by atoms with van der Waals surface area (Å²) < 4.78 is 8.32. The minimum atomic E-state index is -0.104. The van der Waals surface area contributed by atoms with E-state index in [4.69, 9.17) is 16.3 Å². The van der Waals surface area contributed by atoms with Gasteiger partial charge in [-0.2, -0.15) is 4.58 Å². The van der Waals surface area contributed by atoms with Gasteiger partial charge in [-0.15, -0.1) is 0 Å². The van der Waals surface area contributed by atoms with Gasteiger partial charge in [-0.3, -0.25) is 0 Å². The van der Waals surface area contributed by atoms with Gasteiger partial charge in [-0.25, -0.2) is 0 Å². The van der Waals surface area contributed by atoms with Crippen LogP contribution in [0.3, 0.4) is 0 Å². The second-order valence-electron chi connectivity index (χ2n) is 10.4. The molecule has 0 N–H and O–H groups in total. The Labute approximate surface area is 218 Å². The Hall–Kier alpha value is -2.26. The number of halogens is 1. The van der Waals surface area contributed by atoms with Crippen LogP contribution in [0.2, 0.25) is 5.02 Å². The predicted octanol–water partition coefficient (Wildman–Crippen LogP) is 8.16. The van der Waals surface area contributed by atoms with Gasteiger partial charge in [0, 0.05) is 48.4 Å². The molecule has 0 bridgehead atoms. The fourth-order valence-corrected chi connectivity index (χ4v) is 4.97. The average Bonchev–Trinajstić information content (AvgIpc) is 3.03. The summed E-state index contributed by atoms with van der Waals surface area (Å²) in [6, 6.07) is 14.9. The van der Waals surface area contributed by atoms with Gasteiger partial charge in [-0.1, -0.05) is 50.4 Å². The van der Waals surface area contributed by atoms with Crippen molar-refractivity contribution >= 4 is 23.0 Å². The van der Waals surface area contributed by atoms with Crippen LogP contribution in [0.4, 0.5) is 5.69 Å². The van der Waals surface area contributed by atoms with E-state index in [2.05, 4.69) is 99.7 Å². The minimum absolute atomic E-state index is 0.104. The molecular formula is C31H44ClN2O+. The summed E-state index contributed by atoms with van der Waals surface area (Å²) >= 11 is 6.45. The number of fused-ring (bicyclic) bond motifs is 1. The van der Waals surface area contributed by atoms with Crippen LogP contribution < -0.4 is 4.74 Å². The van der Waals surface area contributed by atoms with Crippen LogP contribution in [0.15, 0.2) is 54.7 Å².